The van der Waals surface area contributed by atoms with Gasteiger partial charge in [0.15, 0.2) is 5.82 Å². The molecule has 2 aromatic heterocycles. The quantitative estimate of drug-likeness (QED) is 0.220. The molecule has 0 unspecified atom stereocenters. The molecule has 3 heterocycles. The van der Waals surface area contributed by atoms with Gasteiger partial charge in [-0.3, -0.25) is 0 Å². The van der Waals surface area contributed by atoms with Gasteiger partial charge in [-0.15, -0.1) is 5.10 Å². The summed E-state index contributed by atoms with van der Waals surface area (Å²) in [5, 5.41) is 8.68. The summed E-state index contributed by atoms with van der Waals surface area (Å²) >= 11 is 9.65. The number of methoxy groups -OCH3 is 1. The molecule has 1 aliphatic rings. The molecule has 0 radical (unpaired) electrons. The monoisotopic (exact) mass is 570 g/mol. The molecule has 1 N–H and O–H groups in total. The van der Waals surface area contributed by atoms with Crippen LogP contribution in [-0.4, -0.2) is 26.3 Å². The van der Waals surface area contributed by atoms with Crippen molar-refractivity contribution in [1.82, 2.24) is 14.2 Å². The van der Waals surface area contributed by atoms with Crippen molar-refractivity contribution in [2.45, 2.75) is 32.7 Å². The molecule has 0 bridgehead atoms. The number of aryl methyl sites for hydroxylation is 3. The standard InChI is InChI=1S/C30H27BrN4OS/c1-19-6-14-23(15-7-19)32-29(37)27-26(20-10-16-24(36-2)17-11-20)25-5-3-4-18-34-28(33-35(27)30(25)34)21-8-12-22(31)13-9-21/h6-17H,3-5,18H2,1-2H3,(H,32,37). The van der Waals surface area contributed by atoms with E-state index in [0.717, 1.165) is 75.6 Å². The Bertz CT molecular complexity index is 1600. The minimum Gasteiger partial charge on any atom is -0.497 e. The number of halogens is 1. The maximum Gasteiger partial charge on any atom is 0.162 e. The van der Waals surface area contributed by atoms with Gasteiger partial charge in [0.25, 0.3) is 0 Å². The highest BCUT2D eigenvalue weighted by Crippen LogP contribution is 2.39. The van der Waals surface area contributed by atoms with Gasteiger partial charge in [0.05, 0.1) is 7.11 Å². The molecule has 186 valence electrons. The Morgan fingerprint density at radius 1 is 0.946 bits per heavy atom. The number of anilines is 1. The Morgan fingerprint density at radius 2 is 1.65 bits per heavy atom. The molecule has 0 amide bonds. The lowest BCUT2D eigenvalue weighted by atomic mass is 9.98. The zero-order valence-electron chi connectivity index (χ0n) is 20.8. The van der Waals surface area contributed by atoms with E-state index in [-0.39, 0.29) is 0 Å². The molecule has 7 heteroatoms. The van der Waals surface area contributed by atoms with Gasteiger partial charge >= 0.3 is 0 Å². The molecule has 0 saturated carbocycles. The van der Waals surface area contributed by atoms with Crippen LogP contribution in [0.15, 0.2) is 77.3 Å². The topological polar surface area (TPSA) is 43.5 Å². The molecule has 0 saturated heterocycles. The van der Waals surface area contributed by atoms with E-state index in [1.165, 1.54) is 11.1 Å². The van der Waals surface area contributed by atoms with Gasteiger partial charge in [0.2, 0.25) is 0 Å². The van der Waals surface area contributed by atoms with Crippen molar-refractivity contribution in [2.75, 3.05) is 12.4 Å². The third-order valence-corrected chi connectivity index (χ3v) is 7.82. The first-order valence-electron chi connectivity index (χ1n) is 12.5. The third kappa shape index (κ3) is 4.36. The van der Waals surface area contributed by atoms with Crippen LogP contribution < -0.4 is 10.1 Å². The van der Waals surface area contributed by atoms with Crippen LogP contribution in [0, 0.1) is 6.92 Å². The van der Waals surface area contributed by atoms with Gasteiger partial charge in [-0.25, -0.2) is 4.52 Å². The van der Waals surface area contributed by atoms with Crippen LogP contribution in [0.4, 0.5) is 5.69 Å². The van der Waals surface area contributed by atoms with E-state index >= 15 is 0 Å². The van der Waals surface area contributed by atoms with Crippen molar-refractivity contribution in [3.05, 3.63) is 94.1 Å². The van der Waals surface area contributed by atoms with Crippen LogP contribution in [0.2, 0.25) is 0 Å². The van der Waals surface area contributed by atoms with Crippen LogP contribution >= 0.6 is 28.1 Å². The van der Waals surface area contributed by atoms with Crippen LogP contribution in [0.1, 0.15) is 29.7 Å². The highest BCUT2D eigenvalue weighted by molar-refractivity contribution is 9.10. The number of nitrogens with zero attached hydrogens (tertiary/aromatic N) is 3. The molecule has 6 rings (SSSR count). The lowest BCUT2D eigenvalue weighted by Crippen LogP contribution is -2.15. The molecule has 37 heavy (non-hydrogen) atoms. The fourth-order valence-electron chi connectivity index (χ4n) is 5.16. The van der Waals surface area contributed by atoms with Crippen LogP contribution in [0.5, 0.6) is 5.75 Å². The average molecular weight is 572 g/mol. The number of benzene rings is 3. The zero-order chi connectivity index (χ0) is 25.5. The van der Waals surface area contributed by atoms with Gasteiger partial charge < -0.3 is 14.6 Å². The number of rotatable bonds is 5. The van der Waals surface area contributed by atoms with Crippen LogP contribution in [0.3, 0.4) is 0 Å². The van der Waals surface area contributed by atoms with Crippen molar-refractivity contribution in [2.24, 2.45) is 0 Å². The molecule has 0 atom stereocenters. The molecule has 0 fully saturated rings. The lowest BCUT2D eigenvalue weighted by Gasteiger charge is -2.12. The predicted octanol–water partition coefficient (Wildman–Crippen LogP) is 7.67. The molecular formula is C30H27BrN4OS. The van der Waals surface area contributed by atoms with Gasteiger partial charge in [-0.2, -0.15) is 0 Å². The minimum atomic E-state index is 0.656. The Morgan fingerprint density at radius 3 is 2.35 bits per heavy atom. The van der Waals surface area contributed by atoms with E-state index in [0.29, 0.717) is 4.99 Å². The van der Waals surface area contributed by atoms with E-state index in [4.69, 9.17) is 22.1 Å². The largest absolute Gasteiger partial charge is 0.497 e. The molecule has 0 aliphatic carbocycles. The van der Waals surface area contributed by atoms with Crippen LogP contribution in [0.25, 0.3) is 28.2 Å². The first-order chi connectivity index (χ1) is 18.0. The Balaban J connectivity index is 1.59. The van der Waals surface area contributed by atoms with E-state index in [1.54, 1.807) is 7.11 Å². The maximum atomic E-state index is 6.09. The third-order valence-electron chi connectivity index (χ3n) is 6.99. The summed E-state index contributed by atoms with van der Waals surface area (Å²) in [7, 11) is 1.69. The van der Waals surface area contributed by atoms with Crippen molar-refractivity contribution in [3.8, 4) is 28.3 Å². The minimum absolute atomic E-state index is 0.656. The number of ether oxygens (including phenoxy) is 1. The molecule has 3 aromatic carbocycles. The first kappa shape index (κ1) is 23.9. The molecule has 5 aromatic rings. The van der Waals surface area contributed by atoms with E-state index < -0.39 is 0 Å². The van der Waals surface area contributed by atoms with E-state index in [9.17, 15) is 0 Å². The van der Waals surface area contributed by atoms with Gasteiger partial charge in [0.1, 0.15) is 22.1 Å². The fraction of sp³-hybridized carbons (Fsp3) is 0.200. The highest BCUT2D eigenvalue weighted by Gasteiger charge is 2.29. The SMILES string of the molecule is COc1ccc(-c2c3c4n(c(-c5ccc(Br)cc5)nn4c2C(=S)Nc2ccc(C)cc2)CCCC3)cc1. The highest BCUT2D eigenvalue weighted by atomic mass is 79.9. The summed E-state index contributed by atoms with van der Waals surface area (Å²) in [6.45, 7) is 3.01. The summed E-state index contributed by atoms with van der Waals surface area (Å²) in [5.41, 5.74) is 8.87. The van der Waals surface area contributed by atoms with Crippen LogP contribution in [-0.2, 0) is 13.0 Å². The molecule has 1 aliphatic heterocycles. The van der Waals surface area contributed by atoms with Crippen molar-refractivity contribution < 1.29 is 4.74 Å². The van der Waals surface area contributed by atoms with Crippen molar-refractivity contribution >= 4 is 44.5 Å². The molecular weight excluding hydrogens is 544 g/mol. The van der Waals surface area contributed by atoms with Gasteiger partial charge in [-0.1, -0.05) is 70.1 Å². The summed E-state index contributed by atoms with van der Waals surface area (Å²) < 4.78 is 10.9. The van der Waals surface area contributed by atoms with Gasteiger partial charge in [0, 0.05) is 33.4 Å². The lowest BCUT2D eigenvalue weighted by molar-refractivity contribution is 0.415. The Kier molecular flexibility index (Phi) is 6.34. The second kappa shape index (κ2) is 9.80. The van der Waals surface area contributed by atoms with Crippen molar-refractivity contribution in [1.29, 1.82) is 0 Å². The zero-order valence-corrected chi connectivity index (χ0v) is 23.2. The number of nitrogens with one attached hydrogen (secondary N) is 1. The van der Waals surface area contributed by atoms with E-state index in [1.807, 2.05) is 12.1 Å². The molecule has 0 spiro atoms. The van der Waals surface area contributed by atoms with E-state index in [2.05, 4.69) is 97.9 Å². The Labute approximate surface area is 230 Å². The normalized spacial score (nSPS) is 12.9. The number of hydrogen-bond acceptors (Lipinski definition) is 3. The summed E-state index contributed by atoms with van der Waals surface area (Å²) in [6.07, 6.45) is 3.19. The summed E-state index contributed by atoms with van der Waals surface area (Å²) in [5.74, 6) is 1.80. The fourth-order valence-corrected chi connectivity index (χ4v) is 5.73. The second-order valence-corrected chi connectivity index (χ2v) is 10.7. The first-order valence-corrected chi connectivity index (χ1v) is 13.7. The number of hydrogen-bond donors (Lipinski definition) is 1. The smallest absolute Gasteiger partial charge is 0.162 e. The average Bonchev–Trinajstić information content (AvgIpc) is 3.33. The molecule has 5 nitrogen and oxygen atoms in total. The number of aromatic nitrogens is 3. The maximum absolute atomic E-state index is 6.09. The summed E-state index contributed by atoms with van der Waals surface area (Å²) in [6, 6.07) is 24.9. The second-order valence-electron chi connectivity index (χ2n) is 9.43. The summed E-state index contributed by atoms with van der Waals surface area (Å²) in [4.78, 5) is 0.656. The predicted molar refractivity (Wildman–Crippen MR) is 158 cm³/mol. The Hall–Kier alpha value is -3.42. The van der Waals surface area contributed by atoms with Gasteiger partial charge in [-0.05, 0) is 68.1 Å². The van der Waals surface area contributed by atoms with Crippen molar-refractivity contribution in [3.63, 3.8) is 0 Å². The number of thiocarbonyl (C=S) groups is 1.